The number of carbonyl (C=O) groups excluding carboxylic acids is 1. The van der Waals surface area contributed by atoms with Crippen LogP contribution in [0, 0.1) is 5.82 Å². The number of ether oxygens (including phenoxy) is 1. The molecule has 0 bridgehead atoms. The molecule has 2 heterocycles. The molecule has 4 nitrogen and oxygen atoms in total. The van der Waals surface area contributed by atoms with Crippen molar-refractivity contribution in [2.75, 3.05) is 19.7 Å². The van der Waals surface area contributed by atoms with Gasteiger partial charge in [-0.3, -0.25) is 9.78 Å². The predicted octanol–water partition coefficient (Wildman–Crippen LogP) is 2.43. The number of morpholine rings is 1. The van der Waals surface area contributed by atoms with Crippen LogP contribution in [0.25, 0.3) is 0 Å². The summed E-state index contributed by atoms with van der Waals surface area (Å²) in [5, 5.41) is 0. The topological polar surface area (TPSA) is 42.4 Å². The van der Waals surface area contributed by atoms with Crippen molar-refractivity contribution in [3.63, 3.8) is 0 Å². The smallest absolute Gasteiger partial charge is 0.272 e. The minimum atomic E-state index is -0.282. The van der Waals surface area contributed by atoms with Crippen LogP contribution >= 0.6 is 0 Å². The maximum absolute atomic E-state index is 13.0. The molecule has 0 aliphatic carbocycles. The van der Waals surface area contributed by atoms with E-state index in [1.807, 2.05) is 0 Å². The van der Waals surface area contributed by atoms with Crippen molar-refractivity contribution in [3.8, 4) is 0 Å². The Hall–Kier alpha value is -2.27. The second-order valence-electron chi connectivity index (χ2n) is 4.88. The van der Waals surface area contributed by atoms with Crippen LogP contribution in [-0.2, 0) is 4.74 Å². The average Bonchev–Trinajstić information content (AvgIpc) is 2.56. The molecule has 1 aromatic carbocycles. The van der Waals surface area contributed by atoms with Gasteiger partial charge in [0, 0.05) is 12.7 Å². The molecule has 0 N–H and O–H groups in total. The van der Waals surface area contributed by atoms with E-state index in [9.17, 15) is 9.18 Å². The second kappa shape index (κ2) is 6.01. The van der Waals surface area contributed by atoms with Crippen molar-refractivity contribution in [1.82, 2.24) is 9.88 Å². The lowest BCUT2D eigenvalue weighted by Crippen LogP contribution is -2.42. The maximum atomic E-state index is 13.0. The highest BCUT2D eigenvalue weighted by atomic mass is 19.1. The Morgan fingerprint density at radius 3 is 2.76 bits per heavy atom. The molecular formula is C16H15FN2O2. The summed E-state index contributed by atoms with van der Waals surface area (Å²) < 4.78 is 18.6. The van der Waals surface area contributed by atoms with Crippen LogP contribution in [0.5, 0.6) is 0 Å². The van der Waals surface area contributed by atoms with E-state index in [1.54, 1.807) is 41.4 Å². The van der Waals surface area contributed by atoms with Crippen molar-refractivity contribution >= 4 is 5.91 Å². The number of hydrogen-bond acceptors (Lipinski definition) is 3. The van der Waals surface area contributed by atoms with Crippen molar-refractivity contribution in [1.29, 1.82) is 0 Å². The van der Waals surface area contributed by atoms with Crippen molar-refractivity contribution in [3.05, 3.63) is 65.7 Å². The SMILES string of the molecule is O=C(c1ccccn1)N1CCO[C@@H](c2ccc(F)cc2)C1. The van der Waals surface area contributed by atoms with E-state index in [0.29, 0.717) is 25.4 Å². The number of nitrogens with zero attached hydrogens (tertiary/aromatic N) is 2. The average molecular weight is 286 g/mol. The summed E-state index contributed by atoms with van der Waals surface area (Å²) in [5.74, 6) is -0.387. The summed E-state index contributed by atoms with van der Waals surface area (Å²) in [6.07, 6.45) is 1.37. The molecular weight excluding hydrogens is 271 g/mol. The lowest BCUT2D eigenvalue weighted by molar-refractivity contribution is -0.0230. The largest absolute Gasteiger partial charge is 0.370 e. The molecule has 1 atom stereocenters. The van der Waals surface area contributed by atoms with E-state index in [-0.39, 0.29) is 17.8 Å². The van der Waals surface area contributed by atoms with Gasteiger partial charge in [-0.15, -0.1) is 0 Å². The van der Waals surface area contributed by atoms with Crippen molar-refractivity contribution in [2.24, 2.45) is 0 Å². The monoisotopic (exact) mass is 286 g/mol. The number of rotatable bonds is 2. The minimum absolute atomic E-state index is 0.106. The Morgan fingerprint density at radius 1 is 1.24 bits per heavy atom. The van der Waals surface area contributed by atoms with E-state index >= 15 is 0 Å². The molecule has 1 aromatic heterocycles. The first-order valence-electron chi connectivity index (χ1n) is 6.81. The number of benzene rings is 1. The normalized spacial score (nSPS) is 18.5. The van der Waals surface area contributed by atoms with Crippen LogP contribution < -0.4 is 0 Å². The van der Waals surface area contributed by atoms with Crippen LogP contribution in [0.15, 0.2) is 48.7 Å². The van der Waals surface area contributed by atoms with Crippen LogP contribution in [0.3, 0.4) is 0 Å². The van der Waals surface area contributed by atoms with Crippen LogP contribution in [0.4, 0.5) is 4.39 Å². The Morgan fingerprint density at radius 2 is 2.05 bits per heavy atom. The maximum Gasteiger partial charge on any atom is 0.272 e. The zero-order valence-electron chi connectivity index (χ0n) is 11.4. The lowest BCUT2D eigenvalue weighted by Gasteiger charge is -2.33. The quantitative estimate of drug-likeness (QED) is 0.851. The first-order valence-corrected chi connectivity index (χ1v) is 6.81. The molecule has 2 aromatic rings. The standard InChI is InChI=1S/C16H15FN2O2/c17-13-6-4-12(5-7-13)15-11-19(9-10-21-15)16(20)14-3-1-2-8-18-14/h1-8,15H,9-11H2/t15-/m1/s1. The zero-order chi connectivity index (χ0) is 14.7. The zero-order valence-corrected chi connectivity index (χ0v) is 11.4. The summed E-state index contributed by atoms with van der Waals surface area (Å²) in [6, 6.07) is 11.4. The molecule has 1 amide bonds. The predicted molar refractivity (Wildman–Crippen MR) is 75.2 cm³/mol. The summed E-state index contributed by atoms with van der Waals surface area (Å²) in [7, 11) is 0. The molecule has 0 unspecified atom stereocenters. The highest BCUT2D eigenvalue weighted by Crippen LogP contribution is 2.23. The number of carbonyl (C=O) groups is 1. The summed E-state index contributed by atoms with van der Waals surface area (Å²) >= 11 is 0. The summed E-state index contributed by atoms with van der Waals surface area (Å²) in [4.78, 5) is 18.2. The Kier molecular flexibility index (Phi) is 3.92. The van der Waals surface area contributed by atoms with E-state index < -0.39 is 0 Å². The Labute approximate surface area is 122 Å². The third-order valence-electron chi connectivity index (χ3n) is 3.48. The van der Waals surface area contributed by atoms with Gasteiger partial charge in [0.15, 0.2) is 0 Å². The van der Waals surface area contributed by atoms with E-state index in [2.05, 4.69) is 4.98 Å². The number of aromatic nitrogens is 1. The number of halogens is 1. The van der Waals surface area contributed by atoms with E-state index in [1.165, 1.54) is 12.1 Å². The number of hydrogen-bond donors (Lipinski definition) is 0. The Balaban J connectivity index is 1.74. The fourth-order valence-electron chi connectivity index (χ4n) is 2.36. The second-order valence-corrected chi connectivity index (χ2v) is 4.88. The molecule has 1 saturated heterocycles. The highest BCUT2D eigenvalue weighted by molar-refractivity contribution is 5.92. The summed E-state index contributed by atoms with van der Waals surface area (Å²) in [6.45, 7) is 1.44. The molecule has 1 aliphatic rings. The van der Waals surface area contributed by atoms with Crippen molar-refractivity contribution in [2.45, 2.75) is 6.10 Å². The fraction of sp³-hybridized carbons (Fsp3) is 0.250. The number of amides is 1. The molecule has 1 fully saturated rings. The van der Waals surface area contributed by atoms with E-state index in [4.69, 9.17) is 4.74 Å². The summed E-state index contributed by atoms with van der Waals surface area (Å²) in [5.41, 5.74) is 1.30. The van der Waals surface area contributed by atoms with Gasteiger partial charge in [-0.1, -0.05) is 18.2 Å². The molecule has 0 saturated carbocycles. The Bertz CT molecular complexity index is 616. The first kappa shape index (κ1) is 13.7. The van der Waals surface area contributed by atoms with Gasteiger partial charge in [0.2, 0.25) is 0 Å². The first-order chi connectivity index (χ1) is 10.2. The third-order valence-corrected chi connectivity index (χ3v) is 3.48. The van der Waals surface area contributed by atoms with Gasteiger partial charge < -0.3 is 9.64 Å². The minimum Gasteiger partial charge on any atom is -0.370 e. The molecule has 21 heavy (non-hydrogen) atoms. The molecule has 1 aliphatic heterocycles. The highest BCUT2D eigenvalue weighted by Gasteiger charge is 2.26. The lowest BCUT2D eigenvalue weighted by atomic mass is 10.1. The fourth-order valence-corrected chi connectivity index (χ4v) is 2.36. The molecule has 108 valence electrons. The molecule has 0 radical (unpaired) electrons. The van der Waals surface area contributed by atoms with E-state index in [0.717, 1.165) is 5.56 Å². The number of pyridine rings is 1. The van der Waals surface area contributed by atoms with Crippen molar-refractivity contribution < 1.29 is 13.9 Å². The van der Waals surface area contributed by atoms with Gasteiger partial charge in [-0.2, -0.15) is 0 Å². The third kappa shape index (κ3) is 3.08. The molecule has 0 spiro atoms. The van der Waals surface area contributed by atoms with Gasteiger partial charge in [-0.05, 0) is 29.8 Å². The molecule has 3 rings (SSSR count). The van der Waals surface area contributed by atoms with Gasteiger partial charge in [-0.25, -0.2) is 4.39 Å². The van der Waals surface area contributed by atoms with Gasteiger partial charge in [0.05, 0.1) is 13.2 Å². The van der Waals surface area contributed by atoms with Gasteiger partial charge >= 0.3 is 0 Å². The molecule has 5 heteroatoms. The van der Waals surface area contributed by atoms with Crippen LogP contribution in [-0.4, -0.2) is 35.5 Å². The van der Waals surface area contributed by atoms with Crippen LogP contribution in [0.2, 0.25) is 0 Å². The van der Waals surface area contributed by atoms with Crippen LogP contribution in [0.1, 0.15) is 22.2 Å². The van der Waals surface area contributed by atoms with Gasteiger partial charge in [0.1, 0.15) is 17.6 Å². The van der Waals surface area contributed by atoms with Gasteiger partial charge in [0.25, 0.3) is 5.91 Å².